The van der Waals surface area contributed by atoms with E-state index in [-0.39, 0.29) is 5.91 Å². The molecule has 5 heteroatoms. The molecule has 142 valence electrons. The third-order valence-electron chi connectivity index (χ3n) is 4.50. The van der Waals surface area contributed by atoms with Crippen molar-refractivity contribution >= 4 is 27.5 Å². The van der Waals surface area contributed by atoms with Crippen LogP contribution in [0.4, 0.5) is 0 Å². The molecule has 3 rings (SSSR count). The number of hydrogen-bond donors (Lipinski definition) is 0. The second kappa shape index (κ2) is 8.53. The van der Waals surface area contributed by atoms with Gasteiger partial charge in [-0.3, -0.25) is 4.79 Å². The van der Waals surface area contributed by atoms with E-state index in [2.05, 4.69) is 42.5 Å². The molecular weight excluding hydrogens is 356 g/mol. The number of hydrogen-bond acceptors (Lipinski definition) is 3. The number of para-hydroxylation sites is 1. The van der Waals surface area contributed by atoms with E-state index in [1.165, 1.54) is 16.9 Å². The third kappa shape index (κ3) is 4.30. The molecule has 27 heavy (non-hydrogen) atoms. The summed E-state index contributed by atoms with van der Waals surface area (Å²) in [4.78, 5) is 17.7. The van der Waals surface area contributed by atoms with Gasteiger partial charge in [-0.2, -0.15) is 4.99 Å². The molecular formula is C22H26N2O2S. The van der Waals surface area contributed by atoms with Crippen LogP contribution in [0.15, 0.2) is 47.5 Å². The number of rotatable bonds is 6. The highest BCUT2D eigenvalue weighted by molar-refractivity contribution is 7.16. The number of thiazole rings is 1. The first-order valence-electron chi connectivity index (χ1n) is 9.45. The summed E-state index contributed by atoms with van der Waals surface area (Å²) in [7, 11) is 0. The lowest BCUT2D eigenvalue weighted by Crippen LogP contribution is -2.17. The molecule has 0 spiro atoms. The van der Waals surface area contributed by atoms with Gasteiger partial charge >= 0.3 is 0 Å². The summed E-state index contributed by atoms with van der Waals surface area (Å²) in [5.74, 6) is 1.20. The fourth-order valence-electron chi connectivity index (χ4n) is 3.09. The lowest BCUT2D eigenvalue weighted by atomic mass is 10.0. The van der Waals surface area contributed by atoms with Crippen molar-refractivity contribution in [1.82, 2.24) is 4.57 Å². The highest BCUT2D eigenvalue weighted by atomic mass is 32.1. The van der Waals surface area contributed by atoms with Crippen LogP contribution in [-0.2, 0) is 17.8 Å². The molecule has 0 aliphatic rings. The normalized spacial score (nSPS) is 12.1. The van der Waals surface area contributed by atoms with Crippen molar-refractivity contribution in [2.24, 2.45) is 4.99 Å². The van der Waals surface area contributed by atoms with Crippen LogP contribution >= 0.6 is 11.3 Å². The third-order valence-corrected chi connectivity index (χ3v) is 5.55. The van der Waals surface area contributed by atoms with E-state index < -0.39 is 0 Å². The Bertz CT molecular complexity index is 997. The second-order valence-electron chi connectivity index (χ2n) is 6.74. The number of carbonyl (C=O) groups is 1. The molecule has 1 heterocycles. The van der Waals surface area contributed by atoms with E-state index in [9.17, 15) is 4.79 Å². The molecule has 0 aliphatic carbocycles. The van der Waals surface area contributed by atoms with Gasteiger partial charge < -0.3 is 9.30 Å². The fourth-order valence-corrected chi connectivity index (χ4v) is 4.22. The van der Waals surface area contributed by atoms with Gasteiger partial charge in [0.1, 0.15) is 11.3 Å². The second-order valence-corrected chi connectivity index (χ2v) is 7.75. The smallest absolute Gasteiger partial charge is 0.252 e. The Labute approximate surface area is 164 Å². The number of ether oxygens (including phenoxy) is 1. The molecule has 0 atom stereocenters. The van der Waals surface area contributed by atoms with Crippen molar-refractivity contribution in [3.05, 3.63) is 58.4 Å². The fraction of sp³-hybridized carbons (Fsp3) is 0.364. The Hall–Kier alpha value is -2.40. The standard InChI is InChI=1S/C22H26N2O2S/c1-5-24-21-18(26-6-2)8-7-9-19(21)27-22(24)23-20(25)14-16-10-12-17(13-11-16)15(3)4/h7-13,15H,5-6,14H2,1-4H3. The molecule has 0 saturated heterocycles. The maximum absolute atomic E-state index is 12.6. The lowest BCUT2D eigenvalue weighted by molar-refractivity contribution is -0.117. The molecule has 0 saturated carbocycles. The highest BCUT2D eigenvalue weighted by Gasteiger charge is 2.12. The quantitative estimate of drug-likeness (QED) is 0.608. The maximum Gasteiger partial charge on any atom is 0.252 e. The summed E-state index contributed by atoms with van der Waals surface area (Å²) >= 11 is 1.53. The minimum Gasteiger partial charge on any atom is -0.492 e. The van der Waals surface area contributed by atoms with Gasteiger partial charge in [0.15, 0.2) is 4.80 Å². The van der Waals surface area contributed by atoms with Crippen molar-refractivity contribution in [3.63, 3.8) is 0 Å². The molecule has 1 aromatic heterocycles. The predicted octanol–water partition coefficient (Wildman–Crippen LogP) is 4.91. The molecule has 0 unspecified atom stereocenters. The van der Waals surface area contributed by atoms with Crippen LogP contribution in [0, 0.1) is 0 Å². The van der Waals surface area contributed by atoms with Crippen molar-refractivity contribution in [2.45, 2.75) is 46.6 Å². The van der Waals surface area contributed by atoms with Crippen molar-refractivity contribution in [3.8, 4) is 5.75 Å². The minimum absolute atomic E-state index is 0.126. The first-order chi connectivity index (χ1) is 13.0. The molecule has 0 aliphatic heterocycles. The zero-order valence-electron chi connectivity index (χ0n) is 16.4. The summed E-state index contributed by atoms with van der Waals surface area (Å²) < 4.78 is 8.90. The topological polar surface area (TPSA) is 43.6 Å². The van der Waals surface area contributed by atoms with Crippen LogP contribution in [0.25, 0.3) is 10.2 Å². The summed E-state index contributed by atoms with van der Waals surface area (Å²) in [6, 6.07) is 14.2. The Kier molecular flexibility index (Phi) is 6.11. The van der Waals surface area contributed by atoms with Crippen molar-refractivity contribution in [2.75, 3.05) is 6.61 Å². The van der Waals surface area contributed by atoms with Gasteiger partial charge in [0.2, 0.25) is 0 Å². The number of amides is 1. The van der Waals surface area contributed by atoms with Gasteiger partial charge in [-0.1, -0.05) is 55.5 Å². The predicted molar refractivity (Wildman–Crippen MR) is 111 cm³/mol. The van der Waals surface area contributed by atoms with Crippen molar-refractivity contribution in [1.29, 1.82) is 0 Å². The van der Waals surface area contributed by atoms with Gasteiger partial charge in [0, 0.05) is 6.54 Å². The molecule has 3 aromatic rings. The van der Waals surface area contributed by atoms with Gasteiger partial charge in [0.25, 0.3) is 5.91 Å². The van der Waals surface area contributed by atoms with Crippen LogP contribution in [0.3, 0.4) is 0 Å². The van der Waals surface area contributed by atoms with Crippen LogP contribution in [0.1, 0.15) is 44.7 Å². The molecule has 0 bridgehead atoms. The molecule has 0 N–H and O–H groups in total. The van der Waals surface area contributed by atoms with Gasteiger partial charge in [0.05, 0.1) is 17.7 Å². The largest absolute Gasteiger partial charge is 0.492 e. The number of aromatic nitrogens is 1. The lowest BCUT2D eigenvalue weighted by Gasteiger charge is -2.07. The first-order valence-corrected chi connectivity index (χ1v) is 10.3. The van der Waals surface area contributed by atoms with Gasteiger partial charge in [-0.15, -0.1) is 0 Å². The SMILES string of the molecule is CCOc1cccc2sc(=NC(=O)Cc3ccc(C(C)C)cc3)n(CC)c12. The zero-order chi connectivity index (χ0) is 19.4. The maximum atomic E-state index is 12.6. The Morgan fingerprint density at radius 2 is 1.89 bits per heavy atom. The number of nitrogens with zero attached hydrogens (tertiary/aromatic N) is 2. The summed E-state index contributed by atoms with van der Waals surface area (Å²) in [5, 5.41) is 0. The van der Waals surface area contributed by atoms with Crippen LogP contribution < -0.4 is 9.54 Å². The molecule has 0 fully saturated rings. The van der Waals surface area contributed by atoms with Crippen LogP contribution in [-0.4, -0.2) is 17.1 Å². The molecule has 0 radical (unpaired) electrons. The van der Waals surface area contributed by atoms with Gasteiger partial charge in [-0.05, 0) is 43.0 Å². The zero-order valence-corrected chi connectivity index (χ0v) is 17.2. The van der Waals surface area contributed by atoms with E-state index in [1.807, 2.05) is 37.3 Å². The van der Waals surface area contributed by atoms with E-state index in [0.29, 0.717) is 18.9 Å². The van der Waals surface area contributed by atoms with Crippen molar-refractivity contribution < 1.29 is 9.53 Å². The number of aryl methyl sites for hydroxylation is 1. The monoisotopic (exact) mass is 382 g/mol. The molecule has 4 nitrogen and oxygen atoms in total. The Morgan fingerprint density at radius 3 is 2.52 bits per heavy atom. The summed E-state index contributed by atoms with van der Waals surface area (Å²) in [5.41, 5.74) is 3.28. The van der Waals surface area contributed by atoms with E-state index >= 15 is 0 Å². The summed E-state index contributed by atoms with van der Waals surface area (Å²) in [6.07, 6.45) is 0.314. The average molecular weight is 383 g/mol. The Balaban J connectivity index is 1.92. The van der Waals surface area contributed by atoms with E-state index in [0.717, 1.165) is 32.9 Å². The molecule has 1 amide bonds. The first kappa shape index (κ1) is 19.4. The number of benzene rings is 2. The summed E-state index contributed by atoms with van der Waals surface area (Å²) in [6.45, 7) is 9.70. The minimum atomic E-state index is -0.126. The van der Waals surface area contributed by atoms with Crippen LogP contribution in [0.2, 0.25) is 0 Å². The number of fused-ring (bicyclic) bond motifs is 1. The van der Waals surface area contributed by atoms with Gasteiger partial charge in [-0.25, -0.2) is 0 Å². The average Bonchev–Trinajstić information content (AvgIpc) is 3.00. The Morgan fingerprint density at radius 1 is 1.15 bits per heavy atom. The van der Waals surface area contributed by atoms with E-state index in [1.54, 1.807) is 0 Å². The number of carbonyl (C=O) groups excluding carboxylic acids is 1. The van der Waals surface area contributed by atoms with Crippen LogP contribution in [0.5, 0.6) is 5.75 Å². The van der Waals surface area contributed by atoms with E-state index in [4.69, 9.17) is 4.74 Å². The molecule has 2 aromatic carbocycles. The highest BCUT2D eigenvalue weighted by Crippen LogP contribution is 2.27.